The molecule has 0 spiro atoms. The van der Waals surface area contributed by atoms with Crippen molar-refractivity contribution in [2.24, 2.45) is 0 Å². The molecule has 0 unspecified atom stereocenters. The van der Waals surface area contributed by atoms with E-state index in [9.17, 15) is 18.0 Å². The lowest BCUT2D eigenvalue weighted by Crippen LogP contribution is -2.34. The van der Waals surface area contributed by atoms with E-state index in [4.69, 9.17) is 0 Å². The van der Waals surface area contributed by atoms with Crippen molar-refractivity contribution in [3.8, 4) is 0 Å². The fraction of sp³-hybridized carbons (Fsp3) is 0.571. The Morgan fingerprint density at radius 3 is 2.45 bits per heavy atom. The number of amides is 1. The van der Waals surface area contributed by atoms with Crippen LogP contribution >= 0.6 is 0 Å². The highest BCUT2D eigenvalue weighted by atomic mass is 32.2. The summed E-state index contributed by atoms with van der Waals surface area (Å²) in [5.41, 5.74) is 1.45. The van der Waals surface area contributed by atoms with Gasteiger partial charge in [0.15, 0.2) is 0 Å². The number of carbonyl (C=O) groups is 1. The lowest BCUT2D eigenvalue weighted by atomic mass is 10.1. The Morgan fingerprint density at radius 2 is 1.86 bits per heavy atom. The Kier molecular flexibility index (Phi) is 4.72. The largest absolute Gasteiger partial charge is 0.347 e. The average Bonchev–Trinajstić information content (AvgIpc) is 2.63. The van der Waals surface area contributed by atoms with E-state index in [1.807, 2.05) is 0 Å². The van der Waals surface area contributed by atoms with Crippen LogP contribution in [0.5, 0.6) is 0 Å². The second kappa shape index (κ2) is 6.21. The second-order valence-electron chi connectivity index (χ2n) is 5.68. The van der Waals surface area contributed by atoms with Crippen LogP contribution in [0.3, 0.4) is 0 Å². The normalized spacial score (nSPS) is 16.0. The third-order valence-electron chi connectivity index (χ3n) is 3.88. The monoisotopic (exact) mass is 327 g/mol. The maximum Gasteiger partial charge on any atom is 0.251 e. The van der Waals surface area contributed by atoms with Crippen LogP contribution in [0.1, 0.15) is 11.3 Å². The standard InChI is InChI=1S/C14H21N3O4S/c1-15(2)14(19)10-17-12-7-9-16(22(3,20)21)8-6-11(12)4-5-13(17)18/h4-5H,6-10H2,1-3H3. The van der Waals surface area contributed by atoms with E-state index in [1.165, 1.54) is 26.1 Å². The van der Waals surface area contributed by atoms with Gasteiger partial charge >= 0.3 is 0 Å². The van der Waals surface area contributed by atoms with Gasteiger partial charge in [-0.15, -0.1) is 0 Å². The van der Waals surface area contributed by atoms with Crippen LogP contribution in [-0.4, -0.2) is 61.5 Å². The van der Waals surface area contributed by atoms with Gasteiger partial charge < -0.3 is 9.47 Å². The quantitative estimate of drug-likeness (QED) is 0.735. The topological polar surface area (TPSA) is 79.7 Å². The minimum absolute atomic E-state index is 0.0200. The maximum absolute atomic E-state index is 12.1. The van der Waals surface area contributed by atoms with Gasteiger partial charge in [-0.2, -0.15) is 0 Å². The molecule has 1 aliphatic rings. The number of aromatic nitrogens is 1. The molecule has 0 N–H and O–H groups in total. The van der Waals surface area contributed by atoms with Gasteiger partial charge in [0.2, 0.25) is 15.9 Å². The molecule has 122 valence electrons. The van der Waals surface area contributed by atoms with Gasteiger partial charge in [0.25, 0.3) is 5.56 Å². The van der Waals surface area contributed by atoms with Gasteiger partial charge in [0, 0.05) is 45.4 Å². The number of hydrogen-bond donors (Lipinski definition) is 0. The number of carbonyl (C=O) groups excluding carboxylic acids is 1. The van der Waals surface area contributed by atoms with E-state index in [-0.39, 0.29) is 18.0 Å². The SMILES string of the molecule is CN(C)C(=O)Cn1c2c(ccc1=O)CCN(S(C)(=O)=O)CC2. The average molecular weight is 327 g/mol. The van der Waals surface area contributed by atoms with Gasteiger partial charge in [-0.25, -0.2) is 12.7 Å². The first-order chi connectivity index (χ1) is 10.2. The Hall–Kier alpha value is -1.67. The zero-order chi connectivity index (χ0) is 16.5. The molecule has 0 aromatic carbocycles. The molecule has 0 aliphatic carbocycles. The summed E-state index contributed by atoms with van der Waals surface area (Å²) in [5.74, 6) is -0.167. The van der Waals surface area contributed by atoms with Crippen LogP contribution in [0.4, 0.5) is 0 Å². The molecule has 22 heavy (non-hydrogen) atoms. The number of fused-ring (bicyclic) bond motifs is 1. The molecule has 2 heterocycles. The van der Waals surface area contributed by atoms with Crippen molar-refractivity contribution in [1.29, 1.82) is 0 Å². The molecule has 0 fully saturated rings. The van der Waals surface area contributed by atoms with E-state index in [0.29, 0.717) is 25.9 Å². The Balaban J connectivity index is 2.37. The predicted molar refractivity (Wildman–Crippen MR) is 83.2 cm³/mol. The first-order valence-corrected chi connectivity index (χ1v) is 8.92. The van der Waals surface area contributed by atoms with Gasteiger partial charge in [0.1, 0.15) is 6.54 Å². The Labute approximate surface area is 130 Å². The third-order valence-corrected chi connectivity index (χ3v) is 5.18. The highest BCUT2D eigenvalue weighted by Gasteiger charge is 2.23. The molecule has 0 saturated carbocycles. The highest BCUT2D eigenvalue weighted by Crippen LogP contribution is 2.16. The molecular formula is C14H21N3O4S. The number of pyridine rings is 1. The lowest BCUT2D eigenvalue weighted by molar-refractivity contribution is -0.129. The summed E-state index contributed by atoms with van der Waals surface area (Å²) < 4.78 is 26.3. The minimum Gasteiger partial charge on any atom is -0.347 e. The van der Waals surface area contributed by atoms with Crippen molar-refractivity contribution in [2.75, 3.05) is 33.4 Å². The van der Waals surface area contributed by atoms with Crippen LogP contribution < -0.4 is 5.56 Å². The molecule has 1 amide bonds. The van der Waals surface area contributed by atoms with Crippen LogP contribution in [0.2, 0.25) is 0 Å². The zero-order valence-corrected chi connectivity index (χ0v) is 13.9. The molecule has 0 bridgehead atoms. The van der Waals surface area contributed by atoms with Crippen molar-refractivity contribution in [1.82, 2.24) is 13.8 Å². The van der Waals surface area contributed by atoms with E-state index < -0.39 is 10.0 Å². The smallest absolute Gasteiger partial charge is 0.251 e. The summed E-state index contributed by atoms with van der Waals surface area (Å²) in [7, 11) is 0.0229. The third kappa shape index (κ3) is 3.56. The summed E-state index contributed by atoms with van der Waals surface area (Å²) in [4.78, 5) is 25.5. The molecule has 0 atom stereocenters. The number of likely N-dealkylation sites (N-methyl/N-ethyl adjacent to an activating group) is 1. The maximum atomic E-state index is 12.1. The molecular weight excluding hydrogens is 306 g/mol. The summed E-state index contributed by atoms with van der Waals surface area (Å²) in [6, 6.07) is 3.18. The lowest BCUT2D eigenvalue weighted by Gasteiger charge is -2.17. The molecule has 0 saturated heterocycles. The number of sulfonamides is 1. The number of nitrogens with zero attached hydrogens (tertiary/aromatic N) is 3. The van der Waals surface area contributed by atoms with E-state index in [0.717, 1.165) is 11.3 Å². The first-order valence-electron chi connectivity index (χ1n) is 7.07. The van der Waals surface area contributed by atoms with E-state index in [2.05, 4.69) is 0 Å². The van der Waals surface area contributed by atoms with E-state index in [1.54, 1.807) is 20.2 Å². The van der Waals surface area contributed by atoms with Crippen molar-refractivity contribution in [3.05, 3.63) is 33.7 Å². The van der Waals surface area contributed by atoms with E-state index >= 15 is 0 Å². The van der Waals surface area contributed by atoms with Gasteiger partial charge in [-0.3, -0.25) is 9.59 Å². The van der Waals surface area contributed by atoms with Crippen molar-refractivity contribution < 1.29 is 13.2 Å². The van der Waals surface area contributed by atoms with Crippen LogP contribution in [-0.2, 0) is 34.2 Å². The summed E-state index contributed by atoms with van der Waals surface area (Å²) in [6.45, 7) is 0.699. The van der Waals surface area contributed by atoms with Crippen molar-refractivity contribution >= 4 is 15.9 Å². The molecule has 1 aliphatic heterocycles. The predicted octanol–water partition coefficient (Wildman–Crippen LogP) is -0.703. The fourth-order valence-corrected chi connectivity index (χ4v) is 3.40. The van der Waals surface area contributed by atoms with Crippen molar-refractivity contribution in [3.63, 3.8) is 0 Å². The summed E-state index contributed by atoms with van der Waals surface area (Å²) >= 11 is 0. The van der Waals surface area contributed by atoms with Crippen LogP contribution in [0.15, 0.2) is 16.9 Å². The minimum atomic E-state index is -3.26. The molecule has 1 aromatic rings. The Bertz CT molecular complexity index is 737. The van der Waals surface area contributed by atoms with Crippen LogP contribution in [0.25, 0.3) is 0 Å². The number of hydrogen-bond acceptors (Lipinski definition) is 4. The second-order valence-corrected chi connectivity index (χ2v) is 7.66. The molecule has 8 heteroatoms. The van der Waals surface area contributed by atoms with Crippen LogP contribution in [0, 0.1) is 0 Å². The van der Waals surface area contributed by atoms with Gasteiger partial charge in [0.05, 0.1) is 6.26 Å². The molecule has 0 radical (unpaired) electrons. The fourth-order valence-electron chi connectivity index (χ4n) is 2.56. The molecule has 7 nitrogen and oxygen atoms in total. The summed E-state index contributed by atoms with van der Waals surface area (Å²) in [6.07, 6.45) is 2.16. The highest BCUT2D eigenvalue weighted by molar-refractivity contribution is 7.88. The molecule has 2 rings (SSSR count). The molecule has 1 aromatic heterocycles. The zero-order valence-electron chi connectivity index (χ0n) is 13.1. The first kappa shape index (κ1) is 16.7. The van der Waals surface area contributed by atoms with Gasteiger partial charge in [-0.1, -0.05) is 6.07 Å². The summed E-state index contributed by atoms with van der Waals surface area (Å²) in [5, 5.41) is 0. The van der Waals surface area contributed by atoms with Gasteiger partial charge in [-0.05, 0) is 12.0 Å². The van der Waals surface area contributed by atoms with Crippen molar-refractivity contribution in [2.45, 2.75) is 19.4 Å². The Morgan fingerprint density at radius 1 is 1.23 bits per heavy atom. The number of rotatable bonds is 3.